The first-order chi connectivity index (χ1) is 8.86. The summed E-state index contributed by atoms with van der Waals surface area (Å²) in [6.07, 6.45) is 0.889. The van der Waals surface area contributed by atoms with Crippen LogP contribution in [0.4, 0.5) is 11.5 Å². The summed E-state index contributed by atoms with van der Waals surface area (Å²) in [5.74, 6) is 1.28. The summed E-state index contributed by atoms with van der Waals surface area (Å²) in [4.78, 5) is 8.68. The standard InChI is InChI=1S/C13H23ClN4O/c1-5-19-8-6-7-16-11-9(15)10(14)17-12(18-11)13(2,3)4/h5-8,15H2,1-4H3,(H,16,17,18). The Labute approximate surface area is 119 Å². The number of anilines is 2. The topological polar surface area (TPSA) is 73.1 Å². The Hall–Kier alpha value is -1.07. The molecule has 0 bridgehead atoms. The third kappa shape index (κ3) is 4.84. The number of nitrogens with one attached hydrogen (secondary N) is 1. The number of nitrogens with two attached hydrogens (primary N) is 1. The molecule has 0 aliphatic rings. The van der Waals surface area contributed by atoms with Gasteiger partial charge in [-0.25, -0.2) is 9.97 Å². The van der Waals surface area contributed by atoms with Crippen LogP contribution in [0.1, 0.15) is 39.9 Å². The van der Waals surface area contributed by atoms with Gasteiger partial charge in [0.25, 0.3) is 0 Å². The minimum absolute atomic E-state index is 0.168. The lowest BCUT2D eigenvalue weighted by molar-refractivity contribution is 0.147. The monoisotopic (exact) mass is 286 g/mol. The second kappa shape index (κ2) is 6.91. The van der Waals surface area contributed by atoms with Crippen molar-refractivity contribution in [3.05, 3.63) is 11.0 Å². The van der Waals surface area contributed by atoms with Crippen LogP contribution in [0.15, 0.2) is 0 Å². The molecular formula is C13H23ClN4O. The first-order valence-corrected chi connectivity index (χ1v) is 6.89. The smallest absolute Gasteiger partial charge is 0.157 e. The molecule has 0 amide bonds. The second-order valence-corrected chi connectivity index (χ2v) is 5.69. The molecule has 0 fully saturated rings. The molecule has 19 heavy (non-hydrogen) atoms. The van der Waals surface area contributed by atoms with Crippen LogP contribution < -0.4 is 11.1 Å². The first kappa shape index (κ1) is 16.0. The molecule has 0 saturated heterocycles. The minimum atomic E-state index is -0.168. The zero-order chi connectivity index (χ0) is 14.5. The highest BCUT2D eigenvalue weighted by molar-refractivity contribution is 6.32. The van der Waals surface area contributed by atoms with Gasteiger partial charge in [-0.05, 0) is 13.3 Å². The van der Waals surface area contributed by atoms with Crippen molar-refractivity contribution in [2.24, 2.45) is 0 Å². The number of halogens is 1. The zero-order valence-electron chi connectivity index (χ0n) is 12.1. The largest absolute Gasteiger partial charge is 0.393 e. The van der Waals surface area contributed by atoms with E-state index in [-0.39, 0.29) is 5.41 Å². The van der Waals surface area contributed by atoms with Crippen molar-refractivity contribution in [3.63, 3.8) is 0 Å². The molecule has 0 spiro atoms. The summed E-state index contributed by atoms with van der Waals surface area (Å²) in [6, 6.07) is 0. The van der Waals surface area contributed by atoms with Gasteiger partial charge in [0, 0.05) is 25.2 Å². The van der Waals surface area contributed by atoms with Gasteiger partial charge in [0.15, 0.2) is 11.0 Å². The van der Waals surface area contributed by atoms with E-state index in [2.05, 4.69) is 15.3 Å². The highest BCUT2D eigenvalue weighted by atomic mass is 35.5. The number of hydrogen-bond donors (Lipinski definition) is 2. The van der Waals surface area contributed by atoms with Gasteiger partial charge in [-0.1, -0.05) is 32.4 Å². The van der Waals surface area contributed by atoms with E-state index in [1.807, 2.05) is 27.7 Å². The molecule has 0 aromatic carbocycles. The molecule has 0 saturated carbocycles. The Morgan fingerprint density at radius 2 is 2.00 bits per heavy atom. The predicted octanol–water partition coefficient (Wildman–Crippen LogP) is 2.85. The second-order valence-electron chi connectivity index (χ2n) is 5.33. The van der Waals surface area contributed by atoms with Gasteiger partial charge in [0.2, 0.25) is 0 Å². The summed E-state index contributed by atoms with van der Waals surface area (Å²) in [5.41, 5.74) is 6.11. The van der Waals surface area contributed by atoms with E-state index in [1.165, 1.54) is 0 Å². The van der Waals surface area contributed by atoms with E-state index < -0.39 is 0 Å². The van der Waals surface area contributed by atoms with Gasteiger partial charge in [0.05, 0.1) is 0 Å². The molecule has 5 nitrogen and oxygen atoms in total. The number of nitrogen functional groups attached to an aromatic ring is 1. The Bertz CT molecular complexity index is 418. The lowest BCUT2D eigenvalue weighted by Crippen LogP contribution is -2.19. The Balaban J connectivity index is 2.74. The first-order valence-electron chi connectivity index (χ1n) is 6.51. The maximum absolute atomic E-state index is 6.05. The van der Waals surface area contributed by atoms with Crippen LogP contribution in [0.3, 0.4) is 0 Å². The number of nitrogens with zero attached hydrogens (tertiary/aromatic N) is 2. The summed E-state index contributed by atoms with van der Waals surface area (Å²) in [6.45, 7) is 10.3. The van der Waals surface area contributed by atoms with E-state index in [9.17, 15) is 0 Å². The average Bonchev–Trinajstić information content (AvgIpc) is 2.32. The number of rotatable bonds is 6. The van der Waals surface area contributed by atoms with Crippen molar-refractivity contribution in [1.29, 1.82) is 0 Å². The summed E-state index contributed by atoms with van der Waals surface area (Å²) in [5, 5.41) is 3.48. The highest BCUT2D eigenvalue weighted by Gasteiger charge is 2.20. The minimum Gasteiger partial charge on any atom is -0.393 e. The molecule has 3 N–H and O–H groups in total. The van der Waals surface area contributed by atoms with Gasteiger partial charge in [0.1, 0.15) is 11.5 Å². The Morgan fingerprint density at radius 1 is 1.32 bits per heavy atom. The van der Waals surface area contributed by atoms with Gasteiger partial charge >= 0.3 is 0 Å². The zero-order valence-corrected chi connectivity index (χ0v) is 12.8. The maximum Gasteiger partial charge on any atom is 0.157 e. The van der Waals surface area contributed by atoms with Crippen molar-refractivity contribution in [2.45, 2.75) is 39.5 Å². The maximum atomic E-state index is 6.05. The molecule has 0 aliphatic heterocycles. The van der Waals surface area contributed by atoms with Crippen molar-refractivity contribution >= 4 is 23.1 Å². The number of aromatic nitrogens is 2. The molecule has 1 rings (SSSR count). The van der Waals surface area contributed by atoms with Crippen LogP contribution in [0.2, 0.25) is 5.15 Å². The highest BCUT2D eigenvalue weighted by Crippen LogP contribution is 2.28. The summed E-state index contributed by atoms with van der Waals surface area (Å²) in [7, 11) is 0. The van der Waals surface area contributed by atoms with Crippen molar-refractivity contribution in [1.82, 2.24) is 9.97 Å². The van der Waals surface area contributed by atoms with Crippen molar-refractivity contribution < 1.29 is 4.74 Å². The number of ether oxygens (including phenoxy) is 1. The third-order valence-electron chi connectivity index (χ3n) is 2.53. The molecule has 108 valence electrons. The normalized spacial score (nSPS) is 11.6. The molecule has 0 aliphatic carbocycles. The molecular weight excluding hydrogens is 264 g/mol. The van der Waals surface area contributed by atoms with E-state index in [0.29, 0.717) is 29.1 Å². The van der Waals surface area contributed by atoms with E-state index in [0.717, 1.165) is 19.6 Å². The lowest BCUT2D eigenvalue weighted by atomic mass is 9.96. The summed E-state index contributed by atoms with van der Waals surface area (Å²) >= 11 is 6.05. The van der Waals surface area contributed by atoms with Gasteiger partial charge in [-0.3, -0.25) is 0 Å². The fourth-order valence-corrected chi connectivity index (χ4v) is 1.61. The van der Waals surface area contributed by atoms with E-state index >= 15 is 0 Å². The van der Waals surface area contributed by atoms with Crippen molar-refractivity contribution in [2.75, 3.05) is 30.8 Å². The van der Waals surface area contributed by atoms with Crippen LogP contribution in [0.5, 0.6) is 0 Å². The molecule has 1 aromatic heterocycles. The lowest BCUT2D eigenvalue weighted by Gasteiger charge is -2.19. The molecule has 0 atom stereocenters. The van der Waals surface area contributed by atoms with E-state index in [1.54, 1.807) is 0 Å². The van der Waals surface area contributed by atoms with Crippen molar-refractivity contribution in [3.8, 4) is 0 Å². The summed E-state index contributed by atoms with van der Waals surface area (Å²) < 4.78 is 5.27. The van der Waals surface area contributed by atoms with Crippen LogP contribution in [0, 0.1) is 0 Å². The van der Waals surface area contributed by atoms with E-state index in [4.69, 9.17) is 22.1 Å². The van der Waals surface area contributed by atoms with Crippen LogP contribution in [0.25, 0.3) is 0 Å². The SMILES string of the molecule is CCOCCCNc1nc(C(C)(C)C)nc(Cl)c1N. The average molecular weight is 287 g/mol. The van der Waals surface area contributed by atoms with Crippen LogP contribution >= 0.6 is 11.6 Å². The van der Waals surface area contributed by atoms with Crippen LogP contribution in [-0.2, 0) is 10.2 Å². The van der Waals surface area contributed by atoms with Crippen LogP contribution in [-0.4, -0.2) is 29.7 Å². The predicted molar refractivity (Wildman–Crippen MR) is 79.8 cm³/mol. The molecule has 1 aromatic rings. The molecule has 1 heterocycles. The quantitative estimate of drug-likeness (QED) is 0.621. The van der Waals surface area contributed by atoms with Gasteiger partial charge < -0.3 is 15.8 Å². The molecule has 6 heteroatoms. The molecule has 0 radical (unpaired) electrons. The third-order valence-corrected chi connectivity index (χ3v) is 2.82. The number of hydrogen-bond acceptors (Lipinski definition) is 5. The fraction of sp³-hybridized carbons (Fsp3) is 0.692. The molecule has 0 unspecified atom stereocenters. The van der Waals surface area contributed by atoms with Gasteiger partial charge in [-0.15, -0.1) is 0 Å². The Kier molecular flexibility index (Phi) is 5.82. The van der Waals surface area contributed by atoms with Gasteiger partial charge in [-0.2, -0.15) is 0 Å². The fourth-order valence-electron chi connectivity index (χ4n) is 1.44. The Morgan fingerprint density at radius 3 is 2.58 bits per heavy atom.